The summed E-state index contributed by atoms with van der Waals surface area (Å²) < 4.78 is 24.9. The molecule has 1 aromatic rings. The number of hydrogen-bond acceptors (Lipinski definition) is 4. The number of likely N-dealkylation sites (tertiary alicyclic amines) is 1. The van der Waals surface area contributed by atoms with E-state index in [9.17, 15) is 13.2 Å². The molecule has 1 amide bonds. The van der Waals surface area contributed by atoms with Crippen LogP contribution in [0.1, 0.15) is 44.9 Å². The maximum atomic E-state index is 12.5. The Morgan fingerprint density at radius 3 is 2.30 bits per heavy atom. The predicted octanol–water partition coefficient (Wildman–Crippen LogP) is 3.27. The largest absolute Gasteiger partial charge is 0.353 e. The molecule has 150 valence electrons. The molecule has 0 spiro atoms. The van der Waals surface area contributed by atoms with Crippen LogP contribution in [0, 0.1) is 5.92 Å². The molecule has 0 bridgehead atoms. The van der Waals surface area contributed by atoms with Gasteiger partial charge in [0.15, 0.2) is 9.84 Å². The molecule has 3 rings (SSSR count). The second kappa shape index (κ2) is 9.39. The van der Waals surface area contributed by atoms with Crippen LogP contribution in [0.4, 0.5) is 0 Å². The first kappa shape index (κ1) is 20.6. The van der Waals surface area contributed by atoms with Crippen LogP contribution in [0.2, 0.25) is 5.02 Å². The number of hydrogen-bond donors (Lipinski definition) is 1. The van der Waals surface area contributed by atoms with Crippen molar-refractivity contribution >= 4 is 27.3 Å². The fourth-order valence-corrected chi connectivity index (χ4v) is 5.40. The summed E-state index contributed by atoms with van der Waals surface area (Å²) in [7, 11) is -3.31. The van der Waals surface area contributed by atoms with Gasteiger partial charge >= 0.3 is 0 Å². The Morgan fingerprint density at radius 1 is 1.04 bits per heavy atom. The van der Waals surface area contributed by atoms with E-state index in [0.29, 0.717) is 22.5 Å². The standard InChI is InChI=1S/C20H29ClN2O3S/c21-17-6-8-19(9-7-17)27(25,26)15-14-23-12-10-16(11-13-23)20(24)22-18-4-2-1-3-5-18/h6-9,16,18H,1-5,10-15H2,(H,22,24). The Hall–Kier alpha value is -1.11. The van der Waals surface area contributed by atoms with Gasteiger partial charge < -0.3 is 10.2 Å². The Balaban J connectivity index is 1.42. The zero-order valence-corrected chi connectivity index (χ0v) is 17.3. The van der Waals surface area contributed by atoms with Gasteiger partial charge in [0, 0.05) is 23.5 Å². The molecule has 0 unspecified atom stereocenters. The smallest absolute Gasteiger partial charge is 0.223 e. The molecular weight excluding hydrogens is 384 g/mol. The molecule has 1 aromatic carbocycles. The van der Waals surface area contributed by atoms with Gasteiger partial charge in [-0.1, -0.05) is 30.9 Å². The summed E-state index contributed by atoms with van der Waals surface area (Å²) in [4.78, 5) is 14.9. The second-order valence-corrected chi connectivity index (χ2v) is 10.3. The van der Waals surface area contributed by atoms with Gasteiger partial charge in [0.25, 0.3) is 0 Å². The molecule has 1 saturated heterocycles. The normalized spacial score (nSPS) is 20.5. The highest BCUT2D eigenvalue weighted by Gasteiger charge is 2.27. The van der Waals surface area contributed by atoms with Crippen molar-refractivity contribution in [3.8, 4) is 0 Å². The van der Waals surface area contributed by atoms with Crippen LogP contribution in [0.3, 0.4) is 0 Å². The topological polar surface area (TPSA) is 66.5 Å². The van der Waals surface area contributed by atoms with Gasteiger partial charge in [0.1, 0.15) is 0 Å². The lowest BCUT2D eigenvalue weighted by atomic mass is 9.92. The highest BCUT2D eigenvalue weighted by Crippen LogP contribution is 2.22. The summed E-state index contributed by atoms with van der Waals surface area (Å²) in [6.45, 7) is 2.06. The highest BCUT2D eigenvalue weighted by molar-refractivity contribution is 7.91. The van der Waals surface area contributed by atoms with Gasteiger partial charge in [-0.05, 0) is 63.0 Å². The molecule has 0 aromatic heterocycles. The van der Waals surface area contributed by atoms with Gasteiger partial charge in [-0.3, -0.25) is 4.79 Å². The van der Waals surface area contributed by atoms with Crippen LogP contribution in [0.25, 0.3) is 0 Å². The maximum Gasteiger partial charge on any atom is 0.223 e. The summed E-state index contributed by atoms with van der Waals surface area (Å²) in [5, 5.41) is 3.75. The van der Waals surface area contributed by atoms with Gasteiger partial charge in [-0.25, -0.2) is 8.42 Å². The van der Waals surface area contributed by atoms with E-state index < -0.39 is 9.84 Å². The van der Waals surface area contributed by atoms with E-state index in [4.69, 9.17) is 11.6 Å². The molecule has 2 aliphatic rings. The minimum atomic E-state index is -3.31. The van der Waals surface area contributed by atoms with E-state index in [1.807, 2.05) is 0 Å². The monoisotopic (exact) mass is 412 g/mol. The van der Waals surface area contributed by atoms with Crippen molar-refractivity contribution in [3.05, 3.63) is 29.3 Å². The van der Waals surface area contributed by atoms with Crippen molar-refractivity contribution in [1.82, 2.24) is 10.2 Å². The predicted molar refractivity (Wildman–Crippen MR) is 108 cm³/mol. The number of benzene rings is 1. The maximum absolute atomic E-state index is 12.5. The Kier molecular flexibility index (Phi) is 7.17. The van der Waals surface area contributed by atoms with Crippen LogP contribution in [0.15, 0.2) is 29.2 Å². The van der Waals surface area contributed by atoms with Crippen LogP contribution < -0.4 is 5.32 Å². The molecule has 1 N–H and O–H groups in total. The van der Waals surface area contributed by atoms with Crippen molar-refractivity contribution in [2.75, 3.05) is 25.4 Å². The fourth-order valence-electron chi connectivity index (χ4n) is 3.99. The molecule has 5 nitrogen and oxygen atoms in total. The minimum absolute atomic E-state index is 0.0658. The van der Waals surface area contributed by atoms with Crippen molar-refractivity contribution in [3.63, 3.8) is 0 Å². The summed E-state index contributed by atoms with van der Waals surface area (Å²) in [5.41, 5.74) is 0. The number of rotatable bonds is 6. The highest BCUT2D eigenvalue weighted by atomic mass is 35.5. The lowest BCUT2D eigenvalue weighted by Crippen LogP contribution is -2.45. The molecule has 2 fully saturated rings. The quantitative estimate of drug-likeness (QED) is 0.778. The number of halogens is 1. The zero-order chi connectivity index (χ0) is 19.3. The average Bonchev–Trinajstić information content (AvgIpc) is 2.68. The van der Waals surface area contributed by atoms with Crippen LogP contribution >= 0.6 is 11.6 Å². The first-order valence-corrected chi connectivity index (χ1v) is 12.0. The third-order valence-electron chi connectivity index (χ3n) is 5.76. The SMILES string of the molecule is O=C(NC1CCCCC1)C1CCN(CCS(=O)(=O)c2ccc(Cl)cc2)CC1. The molecule has 0 radical (unpaired) electrons. The lowest BCUT2D eigenvalue weighted by molar-refractivity contribution is -0.127. The Morgan fingerprint density at radius 2 is 1.67 bits per heavy atom. The van der Waals surface area contributed by atoms with E-state index in [-0.39, 0.29) is 17.6 Å². The molecule has 1 heterocycles. The first-order valence-electron chi connectivity index (χ1n) is 9.95. The van der Waals surface area contributed by atoms with E-state index >= 15 is 0 Å². The van der Waals surface area contributed by atoms with Gasteiger partial charge in [0.05, 0.1) is 10.6 Å². The van der Waals surface area contributed by atoms with E-state index in [1.165, 1.54) is 19.3 Å². The fraction of sp³-hybridized carbons (Fsp3) is 0.650. The molecule has 1 saturated carbocycles. The molecule has 27 heavy (non-hydrogen) atoms. The van der Waals surface area contributed by atoms with Crippen LogP contribution in [0.5, 0.6) is 0 Å². The number of piperidine rings is 1. The second-order valence-electron chi connectivity index (χ2n) is 7.73. The van der Waals surface area contributed by atoms with E-state index in [0.717, 1.165) is 38.8 Å². The number of amides is 1. The Bertz CT molecular complexity index is 722. The van der Waals surface area contributed by atoms with Crippen molar-refractivity contribution < 1.29 is 13.2 Å². The first-order chi connectivity index (χ1) is 12.9. The van der Waals surface area contributed by atoms with Gasteiger partial charge in [0.2, 0.25) is 5.91 Å². The lowest BCUT2D eigenvalue weighted by Gasteiger charge is -2.32. The van der Waals surface area contributed by atoms with Crippen molar-refractivity contribution in [2.24, 2.45) is 5.92 Å². The summed E-state index contributed by atoms with van der Waals surface area (Å²) in [6, 6.07) is 6.67. The van der Waals surface area contributed by atoms with Gasteiger partial charge in [-0.2, -0.15) is 0 Å². The van der Waals surface area contributed by atoms with Crippen LogP contribution in [-0.2, 0) is 14.6 Å². The average molecular weight is 413 g/mol. The molecular formula is C20H29ClN2O3S. The van der Waals surface area contributed by atoms with Crippen molar-refractivity contribution in [2.45, 2.75) is 55.9 Å². The summed E-state index contributed by atoms with van der Waals surface area (Å²) in [5.74, 6) is 0.347. The number of sulfone groups is 1. The third-order valence-corrected chi connectivity index (χ3v) is 7.72. The molecule has 0 atom stereocenters. The van der Waals surface area contributed by atoms with Crippen LogP contribution in [-0.4, -0.2) is 50.7 Å². The molecule has 7 heteroatoms. The summed E-state index contributed by atoms with van der Waals surface area (Å²) >= 11 is 5.83. The molecule has 1 aliphatic carbocycles. The minimum Gasteiger partial charge on any atom is -0.353 e. The molecule has 1 aliphatic heterocycles. The number of nitrogens with zero attached hydrogens (tertiary/aromatic N) is 1. The third kappa shape index (κ3) is 5.93. The zero-order valence-electron chi connectivity index (χ0n) is 15.7. The number of carbonyl (C=O) groups excluding carboxylic acids is 1. The van der Waals surface area contributed by atoms with Gasteiger partial charge in [-0.15, -0.1) is 0 Å². The van der Waals surface area contributed by atoms with Crippen molar-refractivity contribution in [1.29, 1.82) is 0 Å². The van der Waals surface area contributed by atoms with E-state index in [2.05, 4.69) is 10.2 Å². The number of carbonyl (C=O) groups is 1. The number of nitrogens with one attached hydrogen (secondary N) is 1. The summed E-state index contributed by atoms with van der Waals surface area (Å²) in [6.07, 6.45) is 7.53. The van der Waals surface area contributed by atoms with E-state index in [1.54, 1.807) is 24.3 Å². The Labute approximate surface area is 167 Å².